The summed E-state index contributed by atoms with van der Waals surface area (Å²) in [5.74, 6) is 5.41. The second-order valence-electron chi connectivity index (χ2n) is 4.52. The van der Waals surface area contributed by atoms with E-state index in [1.165, 1.54) is 11.3 Å². The van der Waals surface area contributed by atoms with Crippen LogP contribution in [0.2, 0.25) is 0 Å². The summed E-state index contributed by atoms with van der Waals surface area (Å²) in [6.07, 6.45) is 0. The zero-order valence-electron chi connectivity index (χ0n) is 11.2. The Morgan fingerprint density at radius 2 is 2.05 bits per heavy atom. The molecule has 0 radical (unpaired) electrons. The van der Waals surface area contributed by atoms with Crippen LogP contribution in [0.4, 0.5) is 0 Å². The van der Waals surface area contributed by atoms with Crippen molar-refractivity contribution in [2.24, 2.45) is 0 Å². The van der Waals surface area contributed by atoms with Crippen molar-refractivity contribution in [1.29, 1.82) is 0 Å². The summed E-state index contributed by atoms with van der Waals surface area (Å²) < 4.78 is 0. The quantitative estimate of drug-likeness (QED) is 0.761. The molecule has 2 heterocycles. The van der Waals surface area contributed by atoms with Gasteiger partial charge in [-0.2, -0.15) is 0 Å². The van der Waals surface area contributed by atoms with E-state index in [4.69, 9.17) is 10.2 Å². The first-order valence-electron chi connectivity index (χ1n) is 6.55. The van der Waals surface area contributed by atoms with E-state index in [9.17, 15) is 4.79 Å². The second-order valence-corrected chi connectivity index (χ2v) is 5.43. The summed E-state index contributed by atoms with van der Waals surface area (Å²) in [6, 6.07) is 1.77. The summed E-state index contributed by atoms with van der Waals surface area (Å²) in [5, 5.41) is 19.4. The van der Waals surface area contributed by atoms with Crippen LogP contribution in [-0.2, 0) is 0 Å². The Balaban J connectivity index is 1.93. The Hall–Kier alpha value is -1.39. The monoisotopic (exact) mass is 294 g/mol. The molecule has 0 aromatic carbocycles. The van der Waals surface area contributed by atoms with Gasteiger partial charge in [-0.15, -0.1) is 11.3 Å². The number of aliphatic hydroxyl groups is 2. The lowest BCUT2D eigenvalue weighted by atomic mass is 10.2. The van der Waals surface area contributed by atoms with E-state index in [0.717, 1.165) is 18.0 Å². The summed E-state index contributed by atoms with van der Waals surface area (Å²) in [5.41, 5.74) is 0.660. The molecule has 2 rings (SSSR count). The van der Waals surface area contributed by atoms with Gasteiger partial charge in [-0.3, -0.25) is 9.69 Å². The number of carbonyl (C=O) groups excluding carboxylic acids is 1. The average Bonchev–Trinajstić information content (AvgIpc) is 2.94. The minimum Gasteiger partial charge on any atom is -0.395 e. The first-order valence-corrected chi connectivity index (χ1v) is 7.43. The summed E-state index contributed by atoms with van der Waals surface area (Å²) >= 11 is 1.41. The normalized spacial score (nSPS) is 15.8. The van der Waals surface area contributed by atoms with Crippen LogP contribution in [0.25, 0.3) is 0 Å². The zero-order valence-corrected chi connectivity index (χ0v) is 12.0. The molecule has 1 aromatic heterocycles. The van der Waals surface area contributed by atoms with Crippen molar-refractivity contribution < 1.29 is 15.0 Å². The molecule has 5 nitrogen and oxygen atoms in total. The molecule has 1 aromatic rings. The van der Waals surface area contributed by atoms with Gasteiger partial charge in [0.2, 0.25) is 0 Å². The van der Waals surface area contributed by atoms with Crippen molar-refractivity contribution >= 4 is 17.2 Å². The molecule has 0 unspecified atom stereocenters. The summed E-state index contributed by atoms with van der Waals surface area (Å²) in [7, 11) is 0. The molecule has 1 aliphatic heterocycles. The first-order chi connectivity index (χ1) is 9.74. The SMILES string of the molecule is O=C(c1csc(C#CCO)c1)N1CCN(CCO)CC1. The highest BCUT2D eigenvalue weighted by molar-refractivity contribution is 7.10. The molecule has 0 saturated carbocycles. The molecule has 0 spiro atoms. The number of amides is 1. The van der Waals surface area contributed by atoms with Crippen LogP contribution in [-0.4, -0.2) is 71.9 Å². The third kappa shape index (κ3) is 3.81. The predicted octanol–water partition coefficient (Wildman–Crippen LogP) is -0.158. The van der Waals surface area contributed by atoms with Gasteiger partial charge >= 0.3 is 0 Å². The largest absolute Gasteiger partial charge is 0.395 e. The van der Waals surface area contributed by atoms with Gasteiger partial charge in [-0.25, -0.2) is 0 Å². The average molecular weight is 294 g/mol. The van der Waals surface area contributed by atoms with Crippen LogP contribution in [0, 0.1) is 11.8 Å². The molecule has 0 atom stereocenters. The number of aliphatic hydroxyl groups excluding tert-OH is 2. The zero-order chi connectivity index (χ0) is 14.4. The Kier molecular flexibility index (Phi) is 5.56. The van der Waals surface area contributed by atoms with Gasteiger partial charge in [0, 0.05) is 38.1 Å². The van der Waals surface area contributed by atoms with E-state index in [2.05, 4.69) is 16.7 Å². The highest BCUT2D eigenvalue weighted by Crippen LogP contribution is 2.16. The Labute approximate surface area is 122 Å². The Bertz CT molecular complexity index is 510. The van der Waals surface area contributed by atoms with Crippen molar-refractivity contribution in [3.8, 4) is 11.8 Å². The molecule has 0 bridgehead atoms. The fourth-order valence-corrected chi connectivity index (χ4v) is 2.89. The van der Waals surface area contributed by atoms with E-state index in [1.807, 2.05) is 10.3 Å². The molecular weight excluding hydrogens is 276 g/mol. The van der Waals surface area contributed by atoms with E-state index in [1.54, 1.807) is 6.07 Å². The molecular formula is C14H18N2O3S. The van der Waals surface area contributed by atoms with Gasteiger partial charge in [0.15, 0.2) is 0 Å². The van der Waals surface area contributed by atoms with Gasteiger partial charge in [0.1, 0.15) is 6.61 Å². The Morgan fingerprint density at radius 3 is 2.70 bits per heavy atom. The van der Waals surface area contributed by atoms with Gasteiger partial charge < -0.3 is 15.1 Å². The van der Waals surface area contributed by atoms with Crippen LogP contribution in [0.3, 0.4) is 0 Å². The lowest BCUT2D eigenvalue weighted by Gasteiger charge is -2.34. The molecule has 2 N–H and O–H groups in total. The van der Waals surface area contributed by atoms with Crippen LogP contribution in [0.15, 0.2) is 11.4 Å². The van der Waals surface area contributed by atoms with Crippen molar-refractivity contribution in [1.82, 2.24) is 9.80 Å². The number of β-amino-alcohol motifs (C(OH)–C–C–N with tert-alkyl or cyclic N) is 1. The maximum atomic E-state index is 12.3. The smallest absolute Gasteiger partial charge is 0.254 e. The van der Waals surface area contributed by atoms with Crippen molar-refractivity contribution in [3.05, 3.63) is 21.9 Å². The number of piperazine rings is 1. The molecule has 108 valence electrons. The maximum Gasteiger partial charge on any atom is 0.254 e. The van der Waals surface area contributed by atoms with Crippen molar-refractivity contribution in [3.63, 3.8) is 0 Å². The van der Waals surface area contributed by atoms with Crippen LogP contribution < -0.4 is 0 Å². The molecule has 1 aliphatic rings. The topological polar surface area (TPSA) is 64.0 Å². The maximum absolute atomic E-state index is 12.3. The minimum atomic E-state index is -0.173. The lowest BCUT2D eigenvalue weighted by Crippen LogP contribution is -2.49. The first kappa shape index (κ1) is 15.0. The number of hydrogen-bond donors (Lipinski definition) is 2. The third-order valence-corrected chi connectivity index (χ3v) is 4.06. The van der Waals surface area contributed by atoms with Gasteiger partial charge in [0.25, 0.3) is 5.91 Å². The van der Waals surface area contributed by atoms with Crippen LogP contribution in [0.1, 0.15) is 15.2 Å². The lowest BCUT2D eigenvalue weighted by molar-refractivity contribution is 0.0615. The molecule has 1 amide bonds. The fourth-order valence-electron chi connectivity index (χ4n) is 2.14. The molecule has 1 fully saturated rings. The van der Waals surface area contributed by atoms with E-state index < -0.39 is 0 Å². The van der Waals surface area contributed by atoms with Gasteiger partial charge in [-0.1, -0.05) is 11.8 Å². The number of carbonyl (C=O) groups is 1. The van der Waals surface area contributed by atoms with Crippen molar-refractivity contribution in [2.75, 3.05) is 45.9 Å². The van der Waals surface area contributed by atoms with E-state index in [0.29, 0.717) is 25.2 Å². The molecule has 6 heteroatoms. The van der Waals surface area contributed by atoms with Crippen molar-refractivity contribution in [2.45, 2.75) is 0 Å². The number of hydrogen-bond acceptors (Lipinski definition) is 5. The Morgan fingerprint density at radius 1 is 1.30 bits per heavy atom. The fraction of sp³-hybridized carbons (Fsp3) is 0.500. The summed E-state index contributed by atoms with van der Waals surface area (Å²) in [4.78, 5) is 17.1. The molecule has 0 aliphatic carbocycles. The van der Waals surface area contributed by atoms with Gasteiger partial charge in [0.05, 0.1) is 17.0 Å². The second kappa shape index (κ2) is 7.41. The molecule has 20 heavy (non-hydrogen) atoms. The third-order valence-electron chi connectivity index (χ3n) is 3.21. The van der Waals surface area contributed by atoms with E-state index in [-0.39, 0.29) is 19.1 Å². The predicted molar refractivity (Wildman–Crippen MR) is 77.7 cm³/mol. The highest BCUT2D eigenvalue weighted by Gasteiger charge is 2.22. The number of rotatable bonds is 3. The van der Waals surface area contributed by atoms with Crippen LogP contribution in [0.5, 0.6) is 0 Å². The van der Waals surface area contributed by atoms with Gasteiger partial charge in [-0.05, 0) is 6.07 Å². The number of thiophene rings is 1. The van der Waals surface area contributed by atoms with E-state index >= 15 is 0 Å². The highest BCUT2D eigenvalue weighted by atomic mass is 32.1. The molecule has 1 saturated heterocycles. The standard InChI is InChI=1S/C14H18N2O3S/c17-8-1-2-13-10-12(11-20-13)14(19)16-5-3-15(4-6-16)7-9-18/h10-11,17-18H,3-9H2. The minimum absolute atomic E-state index is 0.0296. The number of nitrogens with zero attached hydrogens (tertiary/aromatic N) is 2. The summed E-state index contributed by atoms with van der Waals surface area (Å²) in [6.45, 7) is 3.63. The van der Waals surface area contributed by atoms with Crippen LogP contribution >= 0.6 is 11.3 Å².